The standard InChI is InChI=1S/C14H21N3O3/c1-11(13(18)15(2)3)16-6-8-17(9-7-16)14(19)12-5-4-10-20-12/h4-5,10-11H,6-9H2,1-3H3. The molecule has 2 rings (SSSR count). The summed E-state index contributed by atoms with van der Waals surface area (Å²) in [5, 5.41) is 0. The Kier molecular flexibility index (Phi) is 4.44. The lowest BCUT2D eigenvalue weighted by molar-refractivity contribution is -0.134. The van der Waals surface area contributed by atoms with E-state index in [0.29, 0.717) is 31.9 Å². The lowest BCUT2D eigenvalue weighted by Crippen LogP contribution is -2.54. The molecule has 0 radical (unpaired) electrons. The molecule has 1 atom stereocenters. The molecule has 110 valence electrons. The Morgan fingerprint density at radius 2 is 1.90 bits per heavy atom. The SMILES string of the molecule is CC(C(=O)N(C)C)N1CCN(C(=O)c2ccco2)CC1. The van der Waals surface area contributed by atoms with Crippen molar-refractivity contribution < 1.29 is 14.0 Å². The Balaban J connectivity index is 1.89. The molecule has 0 spiro atoms. The number of hydrogen-bond acceptors (Lipinski definition) is 4. The highest BCUT2D eigenvalue weighted by Gasteiger charge is 2.29. The molecule has 1 aliphatic heterocycles. The van der Waals surface area contributed by atoms with E-state index in [9.17, 15) is 9.59 Å². The summed E-state index contributed by atoms with van der Waals surface area (Å²) in [7, 11) is 3.52. The van der Waals surface area contributed by atoms with Gasteiger partial charge in [-0.1, -0.05) is 0 Å². The maximum atomic E-state index is 12.1. The van der Waals surface area contributed by atoms with Crippen LogP contribution in [0, 0.1) is 0 Å². The third kappa shape index (κ3) is 3.01. The first-order chi connectivity index (χ1) is 9.50. The van der Waals surface area contributed by atoms with Gasteiger partial charge in [-0.25, -0.2) is 0 Å². The molecular weight excluding hydrogens is 258 g/mol. The van der Waals surface area contributed by atoms with Crippen LogP contribution in [0.5, 0.6) is 0 Å². The molecule has 1 aromatic rings. The molecule has 1 unspecified atom stereocenters. The van der Waals surface area contributed by atoms with Crippen molar-refractivity contribution in [3.8, 4) is 0 Å². The van der Waals surface area contributed by atoms with E-state index in [4.69, 9.17) is 4.42 Å². The number of likely N-dealkylation sites (N-methyl/N-ethyl adjacent to an activating group) is 1. The maximum Gasteiger partial charge on any atom is 0.289 e. The molecule has 0 aliphatic carbocycles. The van der Waals surface area contributed by atoms with Crippen LogP contribution >= 0.6 is 0 Å². The molecule has 0 bridgehead atoms. The Morgan fingerprint density at radius 1 is 1.25 bits per heavy atom. The van der Waals surface area contributed by atoms with Gasteiger partial charge in [-0.2, -0.15) is 0 Å². The van der Waals surface area contributed by atoms with Crippen molar-refractivity contribution >= 4 is 11.8 Å². The summed E-state index contributed by atoms with van der Waals surface area (Å²) in [6, 6.07) is 3.24. The molecule has 1 saturated heterocycles. The number of hydrogen-bond donors (Lipinski definition) is 0. The van der Waals surface area contributed by atoms with Crippen molar-refractivity contribution in [1.82, 2.24) is 14.7 Å². The van der Waals surface area contributed by atoms with Crippen LogP contribution in [0.3, 0.4) is 0 Å². The van der Waals surface area contributed by atoms with Crippen LogP contribution in [0.25, 0.3) is 0 Å². The number of rotatable bonds is 3. The van der Waals surface area contributed by atoms with E-state index < -0.39 is 0 Å². The van der Waals surface area contributed by atoms with Gasteiger partial charge in [0, 0.05) is 40.3 Å². The second kappa shape index (κ2) is 6.09. The lowest BCUT2D eigenvalue weighted by atomic mass is 10.2. The van der Waals surface area contributed by atoms with Crippen molar-refractivity contribution in [2.75, 3.05) is 40.3 Å². The zero-order chi connectivity index (χ0) is 14.7. The van der Waals surface area contributed by atoms with E-state index in [1.165, 1.54) is 6.26 Å². The molecule has 2 heterocycles. The first-order valence-electron chi connectivity index (χ1n) is 6.78. The Labute approximate surface area is 118 Å². The van der Waals surface area contributed by atoms with E-state index in [2.05, 4.69) is 4.90 Å². The number of amides is 2. The highest BCUT2D eigenvalue weighted by molar-refractivity contribution is 5.91. The number of carbonyl (C=O) groups excluding carboxylic acids is 2. The van der Waals surface area contributed by atoms with E-state index in [1.54, 1.807) is 36.0 Å². The normalized spacial score (nSPS) is 17.9. The summed E-state index contributed by atoms with van der Waals surface area (Å²) >= 11 is 0. The fraction of sp³-hybridized carbons (Fsp3) is 0.571. The quantitative estimate of drug-likeness (QED) is 0.809. The van der Waals surface area contributed by atoms with Crippen molar-refractivity contribution in [2.24, 2.45) is 0 Å². The summed E-state index contributed by atoms with van der Waals surface area (Å²) in [5.74, 6) is 0.382. The molecule has 6 heteroatoms. The van der Waals surface area contributed by atoms with Gasteiger partial charge in [0.05, 0.1) is 12.3 Å². The highest BCUT2D eigenvalue weighted by atomic mass is 16.3. The van der Waals surface area contributed by atoms with Gasteiger partial charge in [-0.3, -0.25) is 14.5 Å². The monoisotopic (exact) mass is 279 g/mol. The number of nitrogens with zero attached hydrogens (tertiary/aromatic N) is 3. The summed E-state index contributed by atoms with van der Waals surface area (Å²) in [5.41, 5.74) is 0. The van der Waals surface area contributed by atoms with Crippen LogP contribution in [0.1, 0.15) is 17.5 Å². The maximum absolute atomic E-state index is 12.1. The van der Waals surface area contributed by atoms with E-state index in [-0.39, 0.29) is 17.9 Å². The molecule has 0 saturated carbocycles. The minimum Gasteiger partial charge on any atom is -0.459 e. The second-order valence-electron chi connectivity index (χ2n) is 5.21. The van der Waals surface area contributed by atoms with Crippen LogP contribution in [0.2, 0.25) is 0 Å². The predicted octanol–water partition coefficient (Wildman–Crippen LogP) is 0.514. The Bertz CT molecular complexity index is 462. The van der Waals surface area contributed by atoms with Crippen LogP contribution in [-0.2, 0) is 4.79 Å². The average Bonchev–Trinajstić information content (AvgIpc) is 2.99. The second-order valence-corrected chi connectivity index (χ2v) is 5.21. The van der Waals surface area contributed by atoms with Gasteiger partial charge in [0.25, 0.3) is 5.91 Å². The van der Waals surface area contributed by atoms with Crippen LogP contribution < -0.4 is 0 Å². The van der Waals surface area contributed by atoms with Gasteiger partial charge in [0.2, 0.25) is 5.91 Å². The topological polar surface area (TPSA) is 57.0 Å². The zero-order valence-corrected chi connectivity index (χ0v) is 12.2. The third-order valence-electron chi connectivity index (χ3n) is 3.68. The van der Waals surface area contributed by atoms with E-state index >= 15 is 0 Å². The van der Waals surface area contributed by atoms with Gasteiger partial charge in [-0.05, 0) is 19.1 Å². The average molecular weight is 279 g/mol. The molecule has 0 N–H and O–H groups in total. The third-order valence-corrected chi connectivity index (χ3v) is 3.68. The first-order valence-corrected chi connectivity index (χ1v) is 6.78. The van der Waals surface area contributed by atoms with Gasteiger partial charge < -0.3 is 14.2 Å². The minimum absolute atomic E-state index is 0.0822. The van der Waals surface area contributed by atoms with Gasteiger partial charge in [0.15, 0.2) is 5.76 Å². The van der Waals surface area contributed by atoms with E-state index in [1.807, 2.05) is 6.92 Å². The van der Waals surface area contributed by atoms with Crippen molar-refractivity contribution in [3.63, 3.8) is 0 Å². The first kappa shape index (κ1) is 14.6. The lowest BCUT2D eigenvalue weighted by Gasteiger charge is -2.37. The molecule has 1 aromatic heterocycles. The van der Waals surface area contributed by atoms with Gasteiger partial charge >= 0.3 is 0 Å². The van der Waals surface area contributed by atoms with Gasteiger partial charge in [0.1, 0.15) is 0 Å². The molecule has 2 amide bonds. The molecule has 6 nitrogen and oxygen atoms in total. The van der Waals surface area contributed by atoms with Crippen molar-refractivity contribution in [2.45, 2.75) is 13.0 Å². The molecule has 1 fully saturated rings. The summed E-state index contributed by atoms with van der Waals surface area (Å²) in [6.45, 7) is 4.54. The number of furan rings is 1. The molecule has 20 heavy (non-hydrogen) atoms. The number of carbonyl (C=O) groups is 2. The smallest absolute Gasteiger partial charge is 0.289 e. The largest absolute Gasteiger partial charge is 0.459 e. The van der Waals surface area contributed by atoms with Crippen molar-refractivity contribution in [1.29, 1.82) is 0 Å². The van der Waals surface area contributed by atoms with Gasteiger partial charge in [-0.15, -0.1) is 0 Å². The fourth-order valence-electron chi connectivity index (χ4n) is 2.40. The Hall–Kier alpha value is -1.82. The van der Waals surface area contributed by atoms with Crippen LogP contribution in [0.15, 0.2) is 22.8 Å². The van der Waals surface area contributed by atoms with Crippen LogP contribution in [0.4, 0.5) is 0 Å². The fourth-order valence-corrected chi connectivity index (χ4v) is 2.40. The summed E-state index contributed by atoms with van der Waals surface area (Å²) in [4.78, 5) is 29.5. The predicted molar refractivity (Wildman–Crippen MR) is 74.3 cm³/mol. The summed E-state index contributed by atoms with van der Waals surface area (Å²) < 4.78 is 5.13. The Morgan fingerprint density at radius 3 is 2.40 bits per heavy atom. The molecule has 0 aromatic carbocycles. The van der Waals surface area contributed by atoms with Crippen molar-refractivity contribution in [3.05, 3.63) is 24.2 Å². The minimum atomic E-state index is -0.147. The molecular formula is C14H21N3O3. The zero-order valence-electron chi connectivity index (χ0n) is 12.2. The molecule has 1 aliphatic rings. The number of piperazine rings is 1. The summed E-state index contributed by atoms with van der Waals surface area (Å²) in [6.07, 6.45) is 1.50. The van der Waals surface area contributed by atoms with E-state index in [0.717, 1.165) is 0 Å². The van der Waals surface area contributed by atoms with Crippen LogP contribution in [-0.4, -0.2) is 72.8 Å². The highest BCUT2D eigenvalue weighted by Crippen LogP contribution is 2.12.